The maximum Gasteiger partial charge on any atom is 0.257 e. The summed E-state index contributed by atoms with van der Waals surface area (Å²) in [7, 11) is 0. The number of ether oxygens (including phenoxy) is 1. The Morgan fingerprint density at radius 3 is 2.54 bits per heavy atom. The summed E-state index contributed by atoms with van der Waals surface area (Å²) in [5.41, 5.74) is 1.83. The number of phenols is 1. The first kappa shape index (κ1) is 18.2. The molecule has 3 N–H and O–H groups in total. The number of carbonyl (C=O) groups is 1. The van der Waals surface area contributed by atoms with Crippen LogP contribution in [-0.4, -0.2) is 22.7 Å². The van der Waals surface area contributed by atoms with E-state index in [-0.39, 0.29) is 16.8 Å². The van der Waals surface area contributed by atoms with Gasteiger partial charge in [-0.3, -0.25) is 10.1 Å². The number of rotatable bonds is 4. The molecule has 0 saturated heterocycles. The number of halogens is 1. The van der Waals surface area contributed by atoms with Crippen molar-refractivity contribution in [1.82, 2.24) is 5.32 Å². The van der Waals surface area contributed by atoms with Crippen LogP contribution >= 0.6 is 28.1 Å². The number of phenolic OH excluding ortho intramolecular Hbond substituents is 1. The Morgan fingerprint density at radius 1 is 1.29 bits per heavy atom. The summed E-state index contributed by atoms with van der Waals surface area (Å²) in [6, 6.07) is 10.2. The fourth-order valence-corrected chi connectivity index (χ4v) is 2.79. The van der Waals surface area contributed by atoms with Crippen molar-refractivity contribution in [2.75, 3.05) is 11.9 Å². The van der Waals surface area contributed by atoms with E-state index < -0.39 is 0 Å². The molecular formula is C17H17BrN2O3S. The molecule has 0 unspecified atom stereocenters. The number of aryl methyl sites for hydroxylation is 1. The summed E-state index contributed by atoms with van der Waals surface area (Å²) in [4.78, 5) is 12.2. The molecule has 2 aromatic rings. The van der Waals surface area contributed by atoms with Gasteiger partial charge >= 0.3 is 0 Å². The van der Waals surface area contributed by atoms with Crippen LogP contribution < -0.4 is 15.4 Å². The number of thiocarbonyl (C=S) groups is 1. The monoisotopic (exact) mass is 408 g/mol. The highest BCUT2D eigenvalue weighted by Gasteiger charge is 2.10. The maximum absolute atomic E-state index is 12.2. The number of anilines is 1. The second-order valence-corrected chi connectivity index (χ2v) is 6.25. The zero-order valence-corrected chi connectivity index (χ0v) is 15.6. The predicted molar refractivity (Wildman–Crippen MR) is 102 cm³/mol. The van der Waals surface area contributed by atoms with E-state index in [0.717, 1.165) is 0 Å². The van der Waals surface area contributed by atoms with Crippen molar-refractivity contribution >= 4 is 44.9 Å². The molecule has 7 heteroatoms. The standard InChI is InChI=1S/C17H17BrN2O3S/c1-3-23-13-6-4-11(5-7-13)16(22)20-17(24)19-12-8-10(2)15(21)14(18)9-12/h4-9,21H,3H2,1-2H3,(H2,19,20,22,24). The van der Waals surface area contributed by atoms with Gasteiger partial charge in [-0.2, -0.15) is 0 Å². The first-order valence-electron chi connectivity index (χ1n) is 7.25. The van der Waals surface area contributed by atoms with Crippen LogP contribution in [0.15, 0.2) is 40.9 Å². The third-order valence-corrected chi connectivity index (χ3v) is 3.98. The molecule has 0 atom stereocenters. The molecule has 0 aliphatic carbocycles. The van der Waals surface area contributed by atoms with Gasteiger partial charge in [-0.15, -0.1) is 0 Å². The largest absolute Gasteiger partial charge is 0.506 e. The van der Waals surface area contributed by atoms with Crippen molar-refractivity contribution in [2.45, 2.75) is 13.8 Å². The van der Waals surface area contributed by atoms with E-state index in [1.165, 1.54) is 0 Å². The molecule has 5 nitrogen and oxygen atoms in total. The van der Waals surface area contributed by atoms with Crippen LogP contribution in [0, 0.1) is 6.92 Å². The number of hydrogen-bond acceptors (Lipinski definition) is 4. The minimum Gasteiger partial charge on any atom is -0.506 e. The molecule has 0 aliphatic heterocycles. The van der Waals surface area contributed by atoms with E-state index in [0.29, 0.717) is 33.6 Å². The number of hydrogen-bond donors (Lipinski definition) is 3. The highest BCUT2D eigenvalue weighted by Crippen LogP contribution is 2.30. The molecule has 0 saturated carbocycles. The second-order valence-electron chi connectivity index (χ2n) is 4.99. The van der Waals surface area contributed by atoms with Gasteiger partial charge in [0.05, 0.1) is 11.1 Å². The first-order valence-corrected chi connectivity index (χ1v) is 8.45. The summed E-state index contributed by atoms with van der Waals surface area (Å²) in [6.45, 7) is 4.24. The Morgan fingerprint density at radius 2 is 1.96 bits per heavy atom. The van der Waals surface area contributed by atoms with Gasteiger partial charge < -0.3 is 15.2 Å². The van der Waals surface area contributed by atoms with Crippen LogP contribution in [0.3, 0.4) is 0 Å². The van der Waals surface area contributed by atoms with Crippen LogP contribution in [0.4, 0.5) is 5.69 Å². The van der Waals surface area contributed by atoms with Crippen molar-refractivity contribution in [3.63, 3.8) is 0 Å². The van der Waals surface area contributed by atoms with Gasteiger partial charge in [0, 0.05) is 11.3 Å². The van der Waals surface area contributed by atoms with Crippen LogP contribution in [0.2, 0.25) is 0 Å². The van der Waals surface area contributed by atoms with Crippen molar-refractivity contribution in [1.29, 1.82) is 0 Å². The topological polar surface area (TPSA) is 70.6 Å². The van der Waals surface area contributed by atoms with E-state index in [9.17, 15) is 9.90 Å². The quantitative estimate of drug-likeness (QED) is 0.526. The third-order valence-electron chi connectivity index (χ3n) is 3.17. The fourth-order valence-electron chi connectivity index (χ4n) is 2.02. The predicted octanol–water partition coefficient (Wildman–Crippen LogP) is 3.99. The molecular weight excluding hydrogens is 392 g/mol. The second kappa shape index (κ2) is 8.12. The van der Waals surface area contributed by atoms with E-state index in [4.69, 9.17) is 17.0 Å². The average molecular weight is 409 g/mol. The molecule has 24 heavy (non-hydrogen) atoms. The Labute approximate surface area is 154 Å². The minimum atomic E-state index is -0.315. The zero-order valence-electron chi connectivity index (χ0n) is 13.2. The van der Waals surface area contributed by atoms with Gasteiger partial charge in [0.15, 0.2) is 5.11 Å². The van der Waals surface area contributed by atoms with E-state index in [1.54, 1.807) is 43.3 Å². The Balaban J connectivity index is 2.00. The SMILES string of the molecule is CCOc1ccc(C(=O)NC(=S)Nc2cc(C)c(O)c(Br)c2)cc1. The summed E-state index contributed by atoms with van der Waals surface area (Å²) in [6.07, 6.45) is 0. The molecule has 1 amide bonds. The zero-order chi connectivity index (χ0) is 17.7. The van der Waals surface area contributed by atoms with Gasteiger partial charge in [0.1, 0.15) is 11.5 Å². The summed E-state index contributed by atoms with van der Waals surface area (Å²) in [5, 5.41) is 15.4. The molecule has 0 radical (unpaired) electrons. The van der Waals surface area contributed by atoms with Crippen molar-refractivity contribution < 1.29 is 14.6 Å². The molecule has 0 aromatic heterocycles. The summed E-state index contributed by atoms with van der Waals surface area (Å²) >= 11 is 8.41. The molecule has 0 aliphatic rings. The number of carbonyl (C=O) groups excluding carboxylic acids is 1. The third kappa shape index (κ3) is 4.69. The molecule has 2 aromatic carbocycles. The van der Waals surface area contributed by atoms with Gasteiger partial charge in [-0.25, -0.2) is 0 Å². The van der Waals surface area contributed by atoms with Crippen molar-refractivity contribution in [2.24, 2.45) is 0 Å². The highest BCUT2D eigenvalue weighted by atomic mass is 79.9. The summed E-state index contributed by atoms with van der Waals surface area (Å²) < 4.78 is 5.88. The lowest BCUT2D eigenvalue weighted by Crippen LogP contribution is -2.34. The smallest absolute Gasteiger partial charge is 0.257 e. The lowest BCUT2D eigenvalue weighted by Gasteiger charge is -2.12. The van der Waals surface area contributed by atoms with Gasteiger partial charge in [0.2, 0.25) is 0 Å². The van der Waals surface area contributed by atoms with Gasteiger partial charge in [0.25, 0.3) is 5.91 Å². The number of aromatic hydroxyl groups is 1. The van der Waals surface area contributed by atoms with Crippen LogP contribution in [0.1, 0.15) is 22.8 Å². The molecule has 0 spiro atoms. The summed E-state index contributed by atoms with van der Waals surface area (Å²) in [5.74, 6) is 0.564. The number of amides is 1. The highest BCUT2D eigenvalue weighted by molar-refractivity contribution is 9.10. The number of benzene rings is 2. The first-order chi connectivity index (χ1) is 11.4. The average Bonchev–Trinajstić information content (AvgIpc) is 2.53. The maximum atomic E-state index is 12.2. The van der Waals surface area contributed by atoms with Crippen LogP contribution in [0.25, 0.3) is 0 Å². The lowest BCUT2D eigenvalue weighted by molar-refractivity contribution is 0.0977. The molecule has 0 bridgehead atoms. The molecule has 2 rings (SSSR count). The molecule has 0 heterocycles. The Bertz CT molecular complexity index is 740. The molecule has 126 valence electrons. The van der Waals surface area contributed by atoms with E-state index in [2.05, 4.69) is 26.6 Å². The van der Waals surface area contributed by atoms with Crippen LogP contribution in [0.5, 0.6) is 11.5 Å². The Hall–Kier alpha value is -2.12. The van der Waals surface area contributed by atoms with Gasteiger partial charge in [-0.1, -0.05) is 0 Å². The van der Waals surface area contributed by atoms with Gasteiger partial charge in [-0.05, 0) is 84.0 Å². The molecule has 0 fully saturated rings. The van der Waals surface area contributed by atoms with Crippen molar-refractivity contribution in [3.8, 4) is 11.5 Å². The Kier molecular flexibility index (Phi) is 6.16. The fraction of sp³-hybridized carbons (Fsp3) is 0.176. The minimum absolute atomic E-state index is 0.171. The van der Waals surface area contributed by atoms with Crippen molar-refractivity contribution in [3.05, 3.63) is 52.0 Å². The number of nitrogens with one attached hydrogen (secondary N) is 2. The van der Waals surface area contributed by atoms with E-state index in [1.807, 2.05) is 6.92 Å². The normalized spacial score (nSPS) is 10.1. The van der Waals surface area contributed by atoms with Crippen LogP contribution in [-0.2, 0) is 0 Å². The van der Waals surface area contributed by atoms with E-state index >= 15 is 0 Å². The lowest BCUT2D eigenvalue weighted by atomic mass is 10.2.